The van der Waals surface area contributed by atoms with Crippen LogP contribution in [0.5, 0.6) is 0 Å². The first-order valence-corrected chi connectivity index (χ1v) is 23.2. The topological polar surface area (TPSA) is 8.17 Å². The van der Waals surface area contributed by atoms with E-state index in [1.54, 1.807) is 0 Å². The molecule has 0 radical (unpaired) electrons. The van der Waals surface area contributed by atoms with Crippen LogP contribution in [0.15, 0.2) is 255 Å². The van der Waals surface area contributed by atoms with Crippen LogP contribution < -0.4 is 4.90 Å². The minimum absolute atomic E-state index is 0.328. The van der Waals surface area contributed by atoms with E-state index in [0.29, 0.717) is 0 Å². The van der Waals surface area contributed by atoms with Crippen LogP contribution in [0.25, 0.3) is 82.8 Å². The van der Waals surface area contributed by atoms with Crippen molar-refractivity contribution in [2.75, 3.05) is 4.90 Å². The average molecular weight is 851 g/mol. The Balaban J connectivity index is 0.897. The third kappa shape index (κ3) is 5.57. The molecule has 2 heteroatoms. The van der Waals surface area contributed by atoms with Gasteiger partial charge in [-0.05, 0) is 144 Å². The Morgan fingerprint density at radius 1 is 0.299 bits per heavy atom. The summed E-state index contributed by atoms with van der Waals surface area (Å²) in [6, 6.07) is 94.0. The van der Waals surface area contributed by atoms with Crippen molar-refractivity contribution in [2.45, 2.75) is 5.41 Å². The van der Waals surface area contributed by atoms with Gasteiger partial charge in [-0.1, -0.05) is 188 Å². The van der Waals surface area contributed by atoms with Crippen molar-refractivity contribution in [1.82, 2.24) is 4.57 Å². The maximum Gasteiger partial charge on any atom is 0.0726 e. The second-order valence-corrected chi connectivity index (χ2v) is 18.0. The molecule has 2 aliphatic rings. The van der Waals surface area contributed by atoms with E-state index in [1.165, 1.54) is 93.8 Å². The van der Waals surface area contributed by atoms with Crippen LogP contribution in [0, 0.1) is 0 Å². The molecule has 2 aliphatic carbocycles. The monoisotopic (exact) mass is 850 g/mol. The molecule has 14 rings (SSSR count). The van der Waals surface area contributed by atoms with E-state index < -0.39 is 0 Å². The Morgan fingerprint density at radius 3 is 1.58 bits per heavy atom. The molecule has 0 aliphatic heterocycles. The third-order valence-corrected chi connectivity index (χ3v) is 14.6. The second-order valence-electron chi connectivity index (χ2n) is 18.0. The van der Waals surface area contributed by atoms with Gasteiger partial charge in [0.1, 0.15) is 0 Å². The summed E-state index contributed by atoms with van der Waals surface area (Å²) in [6.07, 6.45) is 0. The number of anilines is 3. The van der Waals surface area contributed by atoms with Crippen LogP contribution in [0.1, 0.15) is 22.3 Å². The Bertz CT molecular complexity index is 3850. The summed E-state index contributed by atoms with van der Waals surface area (Å²) in [4.78, 5) is 2.45. The van der Waals surface area contributed by atoms with Gasteiger partial charge in [0.05, 0.1) is 16.4 Å². The summed E-state index contributed by atoms with van der Waals surface area (Å²) in [5.41, 5.74) is 21.9. The third-order valence-electron chi connectivity index (χ3n) is 14.6. The predicted molar refractivity (Wildman–Crippen MR) is 280 cm³/mol. The van der Waals surface area contributed by atoms with Crippen molar-refractivity contribution in [3.8, 4) is 50.2 Å². The van der Waals surface area contributed by atoms with Crippen molar-refractivity contribution in [2.24, 2.45) is 0 Å². The molecule has 1 aromatic heterocycles. The normalized spacial score (nSPS) is 12.9. The predicted octanol–water partition coefficient (Wildman–Crippen LogP) is 17.1. The van der Waals surface area contributed by atoms with Gasteiger partial charge in [0.25, 0.3) is 0 Å². The summed E-state index contributed by atoms with van der Waals surface area (Å²) in [6.45, 7) is 0. The highest BCUT2D eigenvalue weighted by atomic mass is 15.1. The first-order valence-electron chi connectivity index (χ1n) is 23.2. The highest BCUT2D eigenvalue weighted by Gasteiger charge is 2.53. The Kier molecular flexibility index (Phi) is 8.23. The average Bonchev–Trinajstić information content (AvgIpc) is 3.91. The van der Waals surface area contributed by atoms with Gasteiger partial charge in [-0.3, -0.25) is 0 Å². The van der Waals surface area contributed by atoms with Crippen LogP contribution in [0.3, 0.4) is 0 Å². The number of benzene rings is 11. The van der Waals surface area contributed by atoms with E-state index in [4.69, 9.17) is 0 Å². The quantitative estimate of drug-likeness (QED) is 0.155. The largest absolute Gasteiger partial charge is 0.310 e. The summed E-state index contributed by atoms with van der Waals surface area (Å²) >= 11 is 0. The first-order chi connectivity index (χ1) is 33.2. The van der Waals surface area contributed by atoms with Crippen LogP contribution >= 0.6 is 0 Å². The number of rotatable bonds is 7. The number of hydrogen-bond acceptors (Lipinski definition) is 1. The molecule has 1 spiro atoms. The molecule has 12 aromatic rings. The minimum Gasteiger partial charge on any atom is -0.310 e. The minimum atomic E-state index is -0.328. The van der Waals surface area contributed by atoms with Gasteiger partial charge >= 0.3 is 0 Å². The van der Waals surface area contributed by atoms with Gasteiger partial charge < -0.3 is 9.47 Å². The lowest BCUT2D eigenvalue weighted by Crippen LogP contribution is -2.36. The fraction of sp³-hybridized carbons (Fsp3) is 0.0154. The van der Waals surface area contributed by atoms with Crippen molar-refractivity contribution >= 4 is 49.6 Å². The zero-order valence-electron chi connectivity index (χ0n) is 36.6. The van der Waals surface area contributed by atoms with Crippen molar-refractivity contribution in [3.63, 3.8) is 0 Å². The lowest BCUT2D eigenvalue weighted by Gasteiger charge is -2.44. The molecule has 0 amide bonds. The molecule has 0 saturated heterocycles. The molecule has 0 saturated carbocycles. The zero-order chi connectivity index (χ0) is 44.1. The van der Waals surface area contributed by atoms with Crippen LogP contribution in [0.2, 0.25) is 0 Å². The van der Waals surface area contributed by atoms with Crippen molar-refractivity contribution in [3.05, 3.63) is 277 Å². The van der Waals surface area contributed by atoms with Gasteiger partial charge in [-0.2, -0.15) is 0 Å². The molecule has 0 fully saturated rings. The zero-order valence-corrected chi connectivity index (χ0v) is 36.6. The molecule has 67 heavy (non-hydrogen) atoms. The fourth-order valence-corrected chi connectivity index (χ4v) is 11.6. The van der Waals surface area contributed by atoms with Gasteiger partial charge in [0.15, 0.2) is 0 Å². The number of nitrogens with zero attached hydrogens (tertiary/aromatic N) is 2. The molecule has 2 nitrogen and oxygen atoms in total. The fourth-order valence-electron chi connectivity index (χ4n) is 11.6. The molecule has 11 aromatic carbocycles. The van der Waals surface area contributed by atoms with Gasteiger partial charge in [-0.25, -0.2) is 0 Å². The molecule has 0 unspecified atom stereocenters. The number of aromatic nitrogens is 1. The molecular formula is C65H42N2. The van der Waals surface area contributed by atoms with E-state index >= 15 is 0 Å². The molecular weight excluding hydrogens is 809 g/mol. The van der Waals surface area contributed by atoms with E-state index in [0.717, 1.165) is 28.3 Å². The number of para-hydroxylation sites is 1. The maximum atomic E-state index is 2.48. The number of fused-ring (bicyclic) bond motifs is 10. The molecule has 0 N–H and O–H groups in total. The van der Waals surface area contributed by atoms with Gasteiger partial charge in [0.2, 0.25) is 0 Å². The Morgan fingerprint density at radius 2 is 0.836 bits per heavy atom. The lowest BCUT2D eigenvalue weighted by molar-refractivity contribution is 0.745. The van der Waals surface area contributed by atoms with Gasteiger partial charge in [-0.15, -0.1) is 0 Å². The van der Waals surface area contributed by atoms with Crippen LogP contribution in [-0.2, 0) is 5.41 Å². The van der Waals surface area contributed by atoms with E-state index in [-0.39, 0.29) is 5.41 Å². The maximum absolute atomic E-state index is 2.48. The van der Waals surface area contributed by atoms with E-state index in [9.17, 15) is 0 Å². The standard InChI is InChI=1S/C65H42N2/c1-3-15-43(16-4-1)45-29-34-50(35-30-45)66(53-40-49-20-14-27-60-64(49)61(42-53)65(60)58-25-10-7-22-54(58)55-23-8-11-26-59(55)65)52-21-13-19-47(39-52)46-31-36-51(37-32-46)67-62-28-12-9-24-56(62)57-41-48(33-38-63(57)67)44-17-5-2-6-18-44/h1-42H. The van der Waals surface area contributed by atoms with Crippen LogP contribution in [0.4, 0.5) is 17.1 Å². The van der Waals surface area contributed by atoms with Crippen molar-refractivity contribution in [1.29, 1.82) is 0 Å². The van der Waals surface area contributed by atoms with Gasteiger partial charge in [0, 0.05) is 33.5 Å². The smallest absolute Gasteiger partial charge is 0.0726 e. The molecule has 0 atom stereocenters. The Hall–Kier alpha value is -8.72. The van der Waals surface area contributed by atoms with Crippen molar-refractivity contribution < 1.29 is 0 Å². The summed E-state index contributed by atoms with van der Waals surface area (Å²) < 4.78 is 2.40. The second kappa shape index (κ2) is 14.7. The highest BCUT2D eigenvalue weighted by molar-refractivity contribution is 6.11. The number of hydrogen-bond donors (Lipinski definition) is 0. The first kappa shape index (κ1) is 37.6. The SMILES string of the molecule is c1ccc(-c2ccc(N(c3cccc(-c4ccc(-n5c6ccccc6c6cc(-c7ccccc7)ccc65)cc4)c3)c3cc4c5c(cccc5c3)C43c4ccccc4-c4ccccc43)cc2)cc1. The summed E-state index contributed by atoms with van der Waals surface area (Å²) in [5.74, 6) is 0. The van der Waals surface area contributed by atoms with Crippen LogP contribution in [-0.4, -0.2) is 4.57 Å². The Labute approximate surface area is 389 Å². The molecule has 312 valence electrons. The summed E-state index contributed by atoms with van der Waals surface area (Å²) in [5, 5.41) is 5.14. The van der Waals surface area contributed by atoms with E-state index in [1.807, 2.05) is 0 Å². The lowest BCUT2D eigenvalue weighted by atomic mass is 9.58. The molecule has 1 heterocycles. The highest BCUT2D eigenvalue weighted by Crippen LogP contribution is 2.64. The van der Waals surface area contributed by atoms with E-state index in [2.05, 4.69) is 264 Å². The molecule has 0 bridgehead atoms. The summed E-state index contributed by atoms with van der Waals surface area (Å²) in [7, 11) is 0.